The zero-order valence-corrected chi connectivity index (χ0v) is 13.7. The van der Waals surface area contributed by atoms with Gasteiger partial charge in [-0.2, -0.15) is 4.37 Å². The Balaban J connectivity index is 2.03. The van der Waals surface area contributed by atoms with Crippen LogP contribution in [0.1, 0.15) is 34.1 Å². The van der Waals surface area contributed by atoms with E-state index in [-0.39, 0.29) is 6.10 Å². The lowest BCUT2D eigenvalue weighted by Gasteiger charge is -2.38. The van der Waals surface area contributed by atoms with Crippen LogP contribution in [-0.4, -0.2) is 47.6 Å². The number of anilines is 2. The quantitative estimate of drug-likeness (QED) is 0.905. The van der Waals surface area contributed by atoms with Crippen molar-refractivity contribution >= 4 is 22.4 Å². The van der Waals surface area contributed by atoms with Crippen molar-refractivity contribution in [2.75, 3.05) is 36.8 Å². The maximum Gasteiger partial charge on any atom is 0.198 e. The van der Waals surface area contributed by atoms with Crippen LogP contribution in [-0.2, 0) is 0 Å². The predicted octanol–water partition coefficient (Wildman–Crippen LogP) is 2.43. The van der Waals surface area contributed by atoms with Crippen molar-refractivity contribution in [3.63, 3.8) is 0 Å². The topological polar surface area (TPSA) is 54.6 Å². The highest BCUT2D eigenvalue weighted by Gasteiger charge is 2.25. The summed E-state index contributed by atoms with van der Waals surface area (Å²) in [6, 6.07) is 0.662. The lowest BCUT2D eigenvalue weighted by atomic mass is 10.2. The molecule has 1 unspecified atom stereocenters. The largest absolute Gasteiger partial charge is 0.484 e. The Morgan fingerprint density at radius 3 is 2.45 bits per heavy atom. The number of nitrogen functional groups attached to an aromatic ring is 1. The molecule has 114 valence electrons. The van der Waals surface area contributed by atoms with Crippen LogP contribution in [0.5, 0.6) is 5.75 Å². The van der Waals surface area contributed by atoms with Crippen molar-refractivity contribution in [1.29, 1.82) is 0 Å². The van der Waals surface area contributed by atoms with Crippen molar-refractivity contribution in [2.24, 2.45) is 0 Å². The highest BCUT2D eigenvalue weighted by molar-refractivity contribution is 7.11. The van der Waals surface area contributed by atoms with Gasteiger partial charge in [-0.3, -0.25) is 4.90 Å². The number of nitrogens with two attached hydrogens (primary N) is 1. The van der Waals surface area contributed by atoms with E-state index in [4.69, 9.17) is 10.5 Å². The summed E-state index contributed by atoms with van der Waals surface area (Å²) in [5.41, 5.74) is 5.93. The highest BCUT2D eigenvalue weighted by Crippen LogP contribution is 2.39. The number of ether oxygens (including phenoxy) is 1. The van der Waals surface area contributed by atoms with Gasteiger partial charge in [0.05, 0.1) is 6.10 Å². The number of rotatable bonds is 5. The van der Waals surface area contributed by atoms with Crippen LogP contribution >= 0.6 is 11.5 Å². The van der Waals surface area contributed by atoms with Gasteiger partial charge in [0, 0.05) is 32.2 Å². The van der Waals surface area contributed by atoms with E-state index in [1.54, 1.807) is 0 Å². The van der Waals surface area contributed by atoms with E-state index >= 15 is 0 Å². The third kappa shape index (κ3) is 3.35. The molecule has 0 saturated carbocycles. The summed E-state index contributed by atoms with van der Waals surface area (Å²) in [6.45, 7) is 12.8. The molecule has 0 amide bonds. The van der Waals surface area contributed by atoms with Crippen LogP contribution in [0.15, 0.2) is 0 Å². The molecule has 5 nitrogen and oxygen atoms in total. The molecule has 1 atom stereocenters. The number of aromatic nitrogens is 1. The van der Waals surface area contributed by atoms with Gasteiger partial charge in [-0.1, -0.05) is 6.92 Å². The summed E-state index contributed by atoms with van der Waals surface area (Å²) in [5, 5.41) is 1.08. The lowest BCUT2D eigenvalue weighted by Crippen LogP contribution is -2.49. The second kappa shape index (κ2) is 6.63. The molecule has 0 bridgehead atoms. The van der Waals surface area contributed by atoms with Crippen molar-refractivity contribution in [3.8, 4) is 5.75 Å². The van der Waals surface area contributed by atoms with Crippen molar-refractivity contribution in [1.82, 2.24) is 9.27 Å². The molecule has 1 fully saturated rings. The van der Waals surface area contributed by atoms with E-state index in [0.29, 0.717) is 11.9 Å². The van der Waals surface area contributed by atoms with Crippen molar-refractivity contribution in [3.05, 3.63) is 0 Å². The van der Waals surface area contributed by atoms with Gasteiger partial charge in [0.1, 0.15) is 0 Å². The monoisotopic (exact) mass is 298 g/mol. The summed E-state index contributed by atoms with van der Waals surface area (Å²) in [5.74, 6) is 1.28. The first-order valence-electron chi connectivity index (χ1n) is 7.43. The third-order valence-electron chi connectivity index (χ3n) is 3.83. The van der Waals surface area contributed by atoms with Crippen LogP contribution in [0, 0.1) is 0 Å². The molecule has 0 aromatic carbocycles. The van der Waals surface area contributed by atoms with Gasteiger partial charge in [0.2, 0.25) is 0 Å². The minimum Gasteiger partial charge on any atom is -0.484 e. The second-order valence-electron chi connectivity index (χ2n) is 5.65. The SMILES string of the molecule is CCC(C)N1CCN(c2snc(N)c2OC(C)C)CC1. The molecule has 2 rings (SSSR count). The Labute approximate surface area is 125 Å². The van der Waals surface area contributed by atoms with Gasteiger partial charge < -0.3 is 15.4 Å². The van der Waals surface area contributed by atoms with Gasteiger partial charge in [0.25, 0.3) is 0 Å². The van der Waals surface area contributed by atoms with Gasteiger partial charge in [-0.05, 0) is 38.7 Å². The first-order chi connectivity index (χ1) is 9.52. The van der Waals surface area contributed by atoms with Crippen LogP contribution < -0.4 is 15.4 Å². The fourth-order valence-electron chi connectivity index (χ4n) is 2.46. The van der Waals surface area contributed by atoms with Gasteiger partial charge in [-0.25, -0.2) is 0 Å². The van der Waals surface area contributed by atoms with E-state index < -0.39 is 0 Å². The van der Waals surface area contributed by atoms with E-state index in [9.17, 15) is 0 Å². The molecule has 1 aromatic rings. The molecule has 1 aromatic heterocycles. The minimum atomic E-state index is 0.119. The van der Waals surface area contributed by atoms with Crippen molar-refractivity contribution in [2.45, 2.75) is 46.3 Å². The molecular formula is C14H26N4OS. The zero-order chi connectivity index (χ0) is 14.7. The predicted molar refractivity (Wildman–Crippen MR) is 85.8 cm³/mol. The number of piperazine rings is 1. The average Bonchev–Trinajstić information content (AvgIpc) is 2.79. The molecule has 1 saturated heterocycles. The van der Waals surface area contributed by atoms with Gasteiger partial charge in [-0.15, -0.1) is 0 Å². The maximum atomic E-state index is 5.93. The Morgan fingerprint density at radius 1 is 1.25 bits per heavy atom. The summed E-state index contributed by atoms with van der Waals surface area (Å²) in [6.07, 6.45) is 1.32. The zero-order valence-electron chi connectivity index (χ0n) is 12.9. The van der Waals surface area contributed by atoms with Crippen molar-refractivity contribution < 1.29 is 4.74 Å². The molecule has 2 N–H and O–H groups in total. The number of nitrogens with zero attached hydrogens (tertiary/aromatic N) is 3. The molecule has 2 heterocycles. The molecule has 1 aliphatic rings. The summed E-state index contributed by atoms with van der Waals surface area (Å²) < 4.78 is 10.1. The molecule has 6 heteroatoms. The van der Waals surface area contributed by atoms with Gasteiger partial charge in [0.15, 0.2) is 16.6 Å². The Kier molecular flexibility index (Phi) is 5.10. The highest BCUT2D eigenvalue weighted by atomic mass is 32.1. The van der Waals surface area contributed by atoms with E-state index in [2.05, 4.69) is 28.0 Å². The number of hydrogen-bond acceptors (Lipinski definition) is 6. The molecule has 20 heavy (non-hydrogen) atoms. The first kappa shape index (κ1) is 15.4. The summed E-state index contributed by atoms with van der Waals surface area (Å²) in [4.78, 5) is 4.90. The van der Waals surface area contributed by atoms with E-state index in [0.717, 1.165) is 36.9 Å². The van der Waals surface area contributed by atoms with E-state index in [1.165, 1.54) is 18.0 Å². The van der Waals surface area contributed by atoms with Crippen LogP contribution in [0.3, 0.4) is 0 Å². The first-order valence-corrected chi connectivity index (χ1v) is 8.21. The third-order valence-corrected chi connectivity index (χ3v) is 4.73. The van der Waals surface area contributed by atoms with E-state index in [1.807, 2.05) is 13.8 Å². The van der Waals surface area contributed by atoms with Crippen LogP contribution in [0.25, 0.3) is 0 Å². The lowest BCUT2D eigenvalue weighted by molar-refractivity contribution is 0.192. The Hall–Kier alpha value is -1.01. The fraction of sp³-hybridized carbons (Fsp3) is 0.786. The molecule has 0 aliphatic carbocycles. The Morgan fingerprint density at radius 2 is 1.90 bits per heavy atom. The average molecular weight is 298 g/mol. The normalized spacial score (nSPS) is 18.6. The molecule has 0 radical (unpaired) electrons. The standard InChI is InChI=1S/C14H26N4OS/c1-5-11(4)17-6-8-18(9-7-17)14-12(19-10(2)3)13(15)16-20-14/h10-11H,5-9H2,1-4H3,(H2,15,16). The fourth-order valence-corrected chi connectivity index (χ4v) is 3.26. The molecular weight excluding hydrogens is 272 g/mol. The van der Waals surface area contributed by atoms with Crippen LogP contribution in [0.4, 0.5) is 10.8 Å². The summed E-state index contributed by atoms with van der Waals surface area (Å²) >= 11 is 1.45. The minimum absolute atomic E-state index is 0.119. The molecule has 1 aliphatic heterocycles. The molecule has 0 spiro atoms. The smallest absolute Gasteiger partial charge is 0.198 e. The van der Waals surface area contributed by atoms with Gasteiger partial charge >= 0.3 is 0 Å². The number of hydrogen-bond donors (Lipinski definition) is 1. The second-order valence-corrected chi connectivity index (χ2v) is 6.40. The summed E-state index contributed by atoms with van der Waals surface area (Å²) in [7, 11) is 0. The maximum absolute atomic E-state index is 5.93. The van der Waals surface area contributed by atoms with Crippen LogP contribution in [0.2, 0.25) is 0 Å². The Bertz CT molecular complexity index is 427.